The van der Waals surface area contributed by atoms with E-state index < -0.39 is 11.9 Å². The fourth-order valence-corrected chi connectivity index (χ4v) is 4.80. The molecule has 3 aromatic rings. The number of halogens is 1. The van der Waals surface area contributed by atoms with E-state index in [1.54, 1.807) is 6.20 Å². The molecule has 1 aliphatic carbocycles. The number of fused-ring (bicyclic) bond motifs is 3. The number of amides is 3. The number of anilines is 1. The van der Waals surface area contributed by atoms with Gasteiger partial charge in [0.1, 0.15) is 5.00 Å². The Hall–Kier alpha value is -2.84. The summed E-state index contributed by atoms with van der Waals surface area (Å²) < 4.78 is 1.95. The highest BCUT2D eigenvalue weighted by molar-refractivity contribution is 7.20. The first kappa shape index (κ1) is 17.6. The van der Waals surface area contributed by atoms with Crippen LogP contribution in [0, 0.1) is 0 Å². The molecular weight excluding hydrogens is 386 g/mol. The monoisotopic (exact) mass is 401 g/mol. The molecule has 0 spiro atoms. The lowest BCUT2D eigenvalue weighted by atomic mass is 9.93. The smallest absolute Gasteiger partial charge is 0.317 e. The van der Waals surface area contributed by atoms with Gasteiger partial charge in [0.15, 0.2) is 0 Å². The summed E-state index contributed by atoms with van der Waals surface area (Å²) in [5.41, 5.74) is 15.1. The van der Waals surface area contributed by atoms with Crippen LogP contribution in [0.25, 0.3) is 10.4 Å². The molecule has 0 fully saturated rings. The SMILES string of the molecule is NC(=O)Nc1sc2c(c1C(N)=O)CCc1c-2cnn1Cc1ccc(Cl)cc1. The van der Waals surface area contributed by atoms with Crippen LogP contribution in [-0.4, -0.2) is 21.7 Å². The molecule has 4 rings (SSSR count). The Bertz CT molecular complexity index is 1050. The number of nitrogens with one attached hydrogen (secondary N) is 1. The molecule has 0 radical (unpaired) electrons. The summed E-state index contributed by atoms with van der Waals surface area (Å²) in [6, 6.07) is 6.91. The Kier molecular flexibility index (Phi) is 4.37. The molecule has 0 unspecified atom stereocenters. The number of thiophene rings is 1. The van der Waals surface area contributed by atoms with Gasteiger partial charge >= 0.3 is 6.03 Å². The molecule has 0 aliphatic heterocycles. The zero-order chi connectivity index (χ0) is 19.1. The molecular formula is C18H16ClN5O2S. The van der Waals surface area contributed by atoms with Gasteiger partial charge in [-0.3, -0.25) is 14.8 Å². The molecule has 0 saturated carbocycles. The second kappa shape index (κ2) is 6.71. The van der Waals surface area contributed by atoms with E-state index in [0.717, 1.165) is 33.7 Å². The summed E-state index contributed by atoms with van der Waals surface area (Å²) in [6.45, 7) is 0.627. The number of nitrogens with zero attached hydrogens (tertiary/aromatic N) is 2. The van der Waals surface area contributed by atoms with Crippen molar-refractivity contribution >= 4 is 39.9 Å². The van der Waals surface area contributed by atoms with E-state index in [4.69, 9.17) is 23.1 Å². The minimum absolute atomic E-state index is 0.338. The van der Waals surface area contributed by atoms with Gasteiger partial charge in [0.2, 0.25) is 0 Å². The van der Waals surface area contributed by atoms with Gasteiger partial charge in [-0.15, -0.1) is 11.3 Å². The van der Waals surface area contributed by atoms with Gasteiger partial charge in [-0.05, 0) is 36.1 Å². The van der Waals surface area contributed by atoms with Crippen molar-refractivity contribution in [2.75, 3.05) is 5.32 Å². The Morgan fingerprint density at radius 2 is 1.96 bits per heavy atom. The van der Waals surface area contributed by atoms with Crippen LogP contribution in [0.4, 0.5) is 9.80 Å². The topological polar surface area (TPSA) is 116 Å². The molecule has 3 amide bonds. The molecule has 1 aromatic carbocycles. The molecule has 9 heteroatoms. The van der Waals surface area contributed by atoms with Crippen molar-refractivity contribution in [2.24, 2.45) is 11.5 Å². The van der Waals surface area contributed by atoms with Crippen LogP contribution in [0.2, 0.25) is 5.02 Å². The summed E-state index contributed by atoms with van der Waals surface area (Å²) in [7, 11) is 0. The number of carbonyl (C=O) groups is 2. The second-order valence-electron chi connectivity index (χ2n) is 6.26. The number of rotatable bonds is 4. The third kappa shape index (κ3) is 3.17. The highest BCUT2D eigenvalue weighted by Crippen LogP contribution is 2.45. The van der Waals surface area contributed by atoms with Crippen molar-refractivity contribution < 1.29 is 9.59 Å². The minimum Gasteiger partial charge on any atom is -0.365 e. The predicted molar refractivity (Wildman–Crippen MR) is 105 cm³/mol. The average Bonchev–Trinajstić information content (AvgIpc) is 3.17. The molecule has 2 heterocycles. The van der Waals surface area contributed by atoms with Crippen LogP contribution in [-0.2, 0) is 19.4 Å². The molecule has 27 heavy (non-hydrogen) atoms. The fraction of sp³-hybridized carbons (Fsp3) is 0.167. The van der Waals surface area contributed by atoms with Crippen LogP contribution >= 0.6 is 22.9 Å². The fourth-order valence-electron chi connectivity index (χ4n) is 3.39. The number of aromatic nitrogens is 2. The predicted octanol–water partition coefficient (Wildman–Crippen LogP) is 3.00. The summed E-state index contributed by atoms with van der Waals surface area (Å²) in [4.78, 5) is 24.1. The van der Waals surface area contributed by atoms with E-state index in [1.807, 2.05) is 28.9 Å². The summed E-state index contributed by atoms with van der Waals surface area (Å²) in [5, 5.41) is 8.11. The van der Waals surface area contributed by atoms with E-state index in [-0.39, 0.29) is 0 Å². The van der Waals surface area contributed by atoms with Crippen molar-refractivity contribution in [3.63, 3.8) is 0 Å². The summed E-state index contributed by atoms with van der Waals surface area (Å²) in [6.07, 6.45) is 3.16. The Labute approximate surface area is 163 Å². The van der Waals surface area contributed by atoms with Crippen LogP contribution in [0.5, 0.6) is 0 Å². The molecule has 7 nitrogen and oxygen atoms in total. The van der Waals surface area contributed by atoms with Gasteiger partial charge < -0.3 is 11.5 Å². The second-order valence-corrected chi connectivity index (χ2v) is 7.71. The Morgan fingerprint density at radius 3 is 2.63 bits per heavy atom. The highest BCUT2D eigenvalue weighted by atomic mass is 35.5. The molecule has 1 aliphatic rings. The van der Waals surface area contributed by atoms with Crippen molar-refractivity contribution in [2.45, 2.75) is 19.4 Å². The number of hydrogen-bond acceptors (Lipinski definition) is 4. The van der Waals surface area contributed by atoms with E-state index in [1.165, 1.54) is 11.3 Å². The van der Waals surface area contributed by atoms with E-state index >= 15 is 0 Å². The quantitative estimate of drug-likeness (QED) is 0.623. The zero-order valence-electron chi connectivity index (χ0n) is 14.2. The first-order valence-electron chi connectivity index (χ1n) is 8.25. The van der Waals surface area contributed by atoms with E-state index in [2.05, 4.69) is 10.4 Å². The van der Waals surface area contributed by atoms with Gasteiger partial charge in [0.25, 0.3) is 5.91 Å². The van der Waals surface area contributed by atoms with Crippen molar-refractivity contribution in [3.05, 3.63) is 57.9 Å². The maximum absolute atomic E-state index is 11.9. The average molecular weight is 402 g/mol. The molecule has 5 N–H and O–H groups in total. The highest BCUT2D eigenvalue weighted by Gasteiger charge is 2.29. The lowest BCUT2D eigenvalue weighted by Crippen LogP contribution is -2.22. The molecule has 0 saturated heterocycles. The van der Waals surface area contributed by atoms with E-state index in [9.17, 15) is 9.59 Å². The maximum atomic E-state index is 11.9. The number of primary amides is 2. The number of nitrogens with two attached hydrogens (primary N) is 2. The summed E-state index contributed by atoms with van der Waals surface area (Å²) >= 11 is 7.25. The largest absolute Gasteiger partial charge is 0.365 e. The van der Waals surface area contributed by atoms with Gasteiger partial charge in [0, 0.05) is 21.2 Å². The maximum Gasteiger partial charge on any atom is 0.317 e. The summed E-state index contributed by atoms with van der Waals surface area (Å²) in [5.74, 6) is -0.576. The van der Waals surface area contributed by atoms with Gasteiger partial charge in [-0.1, -0.05) is 23.7 Å². The number of benzene rings is 1. The standard InChI is InChI=1S/C18H16ClN5O2S/c19-10-3-1-9(2-4-10)8-24-13-6-5-11-14(16(20)25)17(23-18(21)26)27-15(11)12(13)7-22-24/h1-4,7H,5-6,8H2,(H2,20,25)(H3,21,23,26). The third-order valence-corrected chi connectivity index (χ3v) is 5.97. The third-order valence-electron chi connectivity index (χ3n) is 4.54. The van der Waals surface area contributed by atoms with E-state index in [0.29, 0.717) is 28.6 Å². The number of carbonyl (C=O) groups excluding carboxylic acids is 2. The van der Waals surface area contributed by atoms with Crippen LogP contribution in [0.3, 0.4) is 0 Å². The van der Waals surface area contributed by atoms with Gasteiger partial charge in [-0.2, -0.15) is 5.10 Å². The normalized spacial score (nSPS) is 12.3. The number of hydrogen-bond donors (Lipinski definition) is 3. The van der Waals surface area contributed by atoms with Crippen molar-refractivity contribution in [1.29, 1.82) is 0 Å². The Morgan fingerprint density at radius 1 is 1.22 bits per heavy atom. The molecule has 2 aromatic heterocycles. The van der Waals surface area contributed by atoms with Crippen molar-refractivity contribution in [1.82, 2.24) is 9.78 Å². The van der Waals surface area contributed by atoms with Crippen LogP contribution in [0.15, 0.2) is 30.5 Å². The number of urea groups is 1. The van der Waals surface area contributed by atoms with Crippen molar-refractivity contribution in [3.8, 4) is 10.4 Å². The van der Waals surface area contributed by atoms with Gasteiger partial charge in [-0.25, -0.2) is 4.79 Å². The lowest BCUT2D eigenvalue weighted by molar-refractivity contribution is 0.100. The molecule has 138 valence electrons. The molecule has 0 bridgehead atoms. The Balaban J connectivity index is 1.74. The minimum atomic E-state index is -0.727. The first-order valence-corrected chi connectivity index (χ1v) is 9.45. The van der Waals surface area contributed by atoms with Crippen LogP contribution in [0.1, 0.15) is 27.2 Å². The van der Waals surface area contributed by atoms with Crippen LogP contribution < -0.4 is 16.8 Å². The van der Waals surface area contributed by atoms with Gasteiger partial charge in [0.05, 0.1) is 18.3 Å². The molecule has 0 atom stereocenters. The first-order chi connectivity index (χ1) is 12.9. The zero-order valence-corrected chi connectivity index (χ0v) is 15.7. The lowest BCUT2D eigenvalue weighted by Gasteiger charge is -2.15.